The Kier molecular flexibility index (Phi) is 30.4. The van der Waals surface area contributed by atoms with Crippen LogP contribution in [0.1, 0.15) is 215 Å². The number of amides is 4. The maximum atomic E-state index is 13.9. The van der Waals surface area contributed by atoms with Gasteiger partial charge >= 0.3 is 5.97 Å². The summed E-state index contributed by atoms with van der Waals surface area (Å²) in [6.45, 7) is 33.5. The highest BCUT2D eigenvalue weighted by atomic mass is 16.4. The number of piperidine rings is 1. The van der Waals surface area contributed by atoms with Gasteiger partial charge in [-0.05, 0) is 239 Å². The molecule has 0 spiro atoms. The van der Waals surface area contributed by atoms with Crippen molar-refractivity contribution in [3.63, 3.8) is 0 Å². The second-order valence-electron chi connectivity index (χ2n) is 31.2. The number of aryl methyl sites for hydroxylation is 9. The van der Waals surface area contributed by atoms with E-state index >= 15 is 0 Å². The van der Waals surface area contributed by atoms with E-state index in [-0.39, 0.29) is 89.2 Å². The Morgan fingerprint density at radius 2 is 0.856 bits per heavy atom. The first-order valence-corrected chi connectivity index (χ1v) is 38.4. The van der Waals surface area contributed by atoms with Gasteiger partial charge in [0.15, 0.2) is 0 Å². The van der Waals surface area contributed by atoms with Crippen LogP contribution in [0.3, 0.4) is 0 Å². The van der Waals surface area contributed by atoms with Crippen LogP contribution in [-0.2, 0) is 33.6 Å². The number of likely N-dealkylation sites (tertiary alicyclic amines) is 1. The summed E-state index contributed by atoms with van der Waals surface area (Å²) in [5.74, 6) is -1.54. The molecule has 0 aliphatic carbocycles. The summed E-state index contributed by atoms with van der Waals surface area (Å²) in [4.78, 5) is 135. The maximum absolute atomic E-state index is 13.9. The summed E-state index contributed by atoms with van der Waals surface area (Å²) < 4.78 is 3.01. The number of aliphatic carboxylic acids is 1. The largest absolute Gasteiger partial charge is 0.481 e. The van der Waals surface area contributed by atoms with E-state index in [2.05, 4.69) is 87.8 Å². The van der Waals surface area contributed by atoms with Gasteiger partial charge in [-0.2, -0.15) is 0 Å². The molecule has 4 amide bonds. The average Bonchev–Trinajstić information content (AvgIpc) is 0.861. The number of hydrogen-bond donors (Lipinski definition) is 4. The van der Waals surface area contributed by atoms with Gasteiger partial charge in [-0.15, -0.1) is 0 Å². The molecule has 0 saturated carbocycles. The molecule has 0 bridgehead atoms. The number of aromatic nitrogens is 6. The SMILES string of the molecule is CC(=O)C[C@@H](NC(=O)C(CC(C)C)n1ccc(C)cc1=O)c1cncc(-c2c(C)cccc2C)c1.CC(=O)C[C@@H](NC(=O)[C@H](CC(C)C)n1cc(C)c(C)cc1=O)c1cncc(-c2c(C)cccc2C)c1.Cc1cccc(C)c1-c1cncc([C@H](CC(=O)O)NC(=O)[C@H](CC(C)C)N2CC(c3ccccn3)CCC2=O)c1. The lowest BCUT2D eigenvalue weighted by Gasteiger charge is -2.38. The van der Waals surface area contributed by atoms with Crippen LogP contribution in [0.2, 0.25) is 0 Å². The summed E-state index contributed by atoms with van der Waals surface area (Å²) in [6.07, 6.45) is 18.0. The highest BCUT2D eigenvalue weighted by Gasteiger charge is 2.38. The van der Waals surface area contributed by atoms with E-state index in [1.165, 1.54) is 29.0 Å². The molecule has 3 aromatic carbocycles. The summed E-state index contributed by atoms with van der Waals surface area (Å²) in [5.41, 5.74) is 18.0. The highest BCUT2D eigenvalue weighted by Crippen LogP contribution is 2.35. The number of rotatable bonds is 28. The molecule has 9 aromatic rings. The Morgan fingerprint density at radius 3 is 1.24 bits per heavy atom. The summed E-state index contributed by atoms with van der Waals surface area (Å²) in [5, 5.41) is 18.8. The zero-order valence-corrected chi connectivity index (χ0v) is 67.5. The first kappa shape index (κ1) is 85.5. The number of hydrogen-bond acceptors (Lipinski definition) is 13. The van der Waals surface area contributed by atoms with E-state index in [4.69, 9.17) is 0 Å². The molecular formula is C91H110N10O10. The maximum Gasteiger partial charge on any atom is 0.305 e. The van der Waals surface area contributed by atoms with Crippen molar-refractivity contribution < 1.29 is 38.7 Å². The standard InChI is InChI=1S/C32H38N4O4.C30H37N3O3.C29H35N3O3/c1-20(2)14-28(36-19-23(11-12-29(36)37)26-10-5-6-13-34-26)32(40)35-27(16-30(38)39)24-15-25(18-33-17-24)31-21(3)8-7-9-22(31)4;1-18(2)11-27(33-17-22(6)21(5)12-28(33)35)30(36)32-26(13-23(7)34)24-14-25(16-31-15-24)29-19(3)9-8-10-20(29)4;1-18(2)12-26(32-11-10-19(3)13-27(32)34)29(35)31-25(14-22(6)33)23-15-24(17-30-16-23)28-20(4)8-7-9-21(28)5/h5-10,13,15,17-18,20,23,27-28H,11-12,14,16,19H2,1-4H3,(H,35,40)(H,38,39);8-10,12,14-18,26-27H,11,13H2,1-7H3,(H,32,36);7-11,13,15-18,25-26H,12,14H2,1-6H3,(H,31,35)/t23?,27-,28-;26-,27+;25-,26?/m011/s1. The normalized spacial score (nSPS) is 14.4. The van der Waals surface area contributed by atoms with E-state index < -0.39 is 42.2 Å². The van der Waals surface area contributed by atoms with Gasteiger partial charge in [0.2, 0.25) is 23.6 Å². The number of benzene rings is 3. The lowest BCUT2D eigenvalue weighted by atomic mass is 9.90. The number of carbonyl (C=O) groups is 7. The third-order valence-corrected chi connectivity index (χ3v) is 20.3. The number of carbonyl (C=O) groups excluding carboxylic acids is 6. The number of nitrogens with one attached hydrogen (secondary N) is 3. The Labute approximate surface area is 653 Å². The van der Waals surface area contributed by atoms with Crippen molar-refractivity contribution in [3.05, 3.63) is 258 Å². The lowest BCUT2D eigenvalue weighted by molar-refractivity contribution is -0.144. The van der Waals surface area contributed by atoms with Crippen molar-refractivity contribution in [2.75, 3.05) is 6.54 Å². The molecule has 584 valence electrons. The van der Waals surface area contributed by atoms with Crippen molar-refractivity contribution in [1.29, 1.82) is 0 Å². The van der Waals surface area contributed by atoms with Crippen LogP contribution in [0.15, 0.2) is 175 Å². The highest BCUT2D eigenvalue weighted by molar-refractivity contribution is 5.89. The second kappa shape index (κ2) is 39.5. The molecule has 4 N–H and O–H groups in total. The minimum Gasteiger partial charge on any atom is -0.481 e. The zero-order valence-electron chi connectivity index (χ0n) is 67.5. The van der Waals surface area contributed by atoms with Crippen molar-refractivity contribution in [2.45, 2.75) is 211 Å². The van der Waals surface area contributed by atoms with Crippen LogP contribution < -0.4 is 27.1 Å². The first-order chi connectivity index (χ1) is 52.7. The molecule has 7 atom stereocenters. The molecule has 20 heteroatoms. The number of carboxylic acid groups (broad SMARTS) is 1. The van der Waals surface area contributed by atoms with Crippen LogP contribution in [0.5, 0.6) is 0 Å². The fraction of sp³-hybridized carbons (Fsp3) is 0.396. The smallest absolute Gasteiger partial charge is 0.305 e. The fourth-order valence-corrected chi connectivity index (χ4v) is 14.8. The molecule has 0 radical (unpaired) electrons. The van der Waals surface area contributed by atoms with Crippen LogP contribution in [0.25, 0.3) is 33.4 Å². The molecule has 1 saturated heterocycles. The average molecular weight is 1500 g/mol. The fourth-order valence-electron chi connectivity index (χ4n) is 14.8. The minimum atomic E-state index is -1.03. The molecule has 2 unspecified atom stereocenters. The molecule has 1 aliphatic heterocycles. The zero-order chi connectivity index (χ0) is 81.1. The van der Waals surface area contributed by atoms with Gasteiger partial charge in [0.1, 0.15) is 29.7 Å². The Bertz CT molecular complexity index is 4870. The van der Waals surface area contributed by atoms with Gasteiger partial charge < -0.3 is 35.1 Å². The van der Waals surface area contributed by atoms with Crippen LogP contribution >= 0.6 is 0 Å². The summed E-state index contributed by atoms with van der Waals surface area (Å²) in [7, 11) is 0. The van der Waals surface area contributed by atoms with Crippen LogP contribution in [0, 0.1) is 80.1 Å². The predicted molar refractivity (Wildman–Crippen MR) is 437 cm³/mol. The summed E-state index contributed by atoms with van der Waals surface area (Å²) in [6, 6.07) is 30.9. The van der Waals surface area contributed by atoms with Gasteiger partial charge in [-0.3, -0.25) is 63.1 Å². The van der Waals surface area contributed by atoms with Crippen molar-refractivity contribution in [2.24, 2.45) is 17.8 Å². The third-order valence-electron chi connectivity index (χ3n) is 20.3. The summed E-state index contributed by atoms with van der Waals surface area (Å²) >= 11 is 0. The molecule has 1 aliphatic rings. The Morgan fingerprint density at radius 1 is 0.459 bits per heavy atom. The van der Waals surface area contributed by atoms with Gasteiger partial charge in [0.25, 0.3) is 11.1 Å². The number of pyridine rings is 6. The van der Waals surface area contributed by atoms with Gasteiger partial charge in [-0.25, -0.2) is 0 Å². The topological polar surface area (TPSA) is 275 Å². The monoisotopic (exact) mass is 1500 g/mol. The quantitative estimate of drug-likeness (QED) is 0.0355. The van der Waals surface area contributed by atoms with E-state index in [0.717, 1.165) is 100 Å². The number of nitrogens with zero attached hydrogens (tertiary/aromatic N) is 7. The minimum absolute atomic E-state index is 0.0365. The Balaban J connectivity index is 0.000000210. The third kappa shape index (κ3) is 23.4. The van der Waals surface area contributed by atoms with Crippen LogP contribution in [-0.4, -0.2) is 92.8 Å². The number of carboxylic acids is 1. The molecule has 20 nitrogen and oxygen atoms in total. The van der Waals surface area contributed by atoms with E-state index in [1.54, 1.807) is 60.5 Å². The number of Topliss-reactive ketones (excluding diaryl/α,β-unsaturated/α-hetero) is 2. The molecule has 7 heterocycles. The van der Waals surface area contributed by atoms with Crippen molar-refractivity contribution in [3.8, 4) is 33.4 Å². The molecule has 111 heavy (non-hydrogen) atoms. The van der Waals surface area contributed by atoms with Crippen molar-refractivity contribution in [1.82, 2.24) is 49.9 Å². The van der Waals surface area contributed by atoms with E-state index in [0.29, 0.717) is 44.2 Å². The van der Waals surface area contributed by atoms with Gasteiger partial charge in [-0.1, -0.05) is 102 Å². The van der Waals surface area contributed by atoms with Crippen LogP contribution in [0.4, 0.5) is 0 Å². The predicted octanol–water partition coefficient (Wildman–Crippen LogP) is 16.0. The molecule has 1 fully saturated rings. The van der Waals surface area contributed by atoms with E-state index in [9.17, 15) is 48.3 Å². The molecular weight excluding hydrogens is 1390 g/mol. The van der Waals surface area contributed by atoms with Gasteiger partial charge in [0.05, 0.1) is 24.5 Å². The molecule has 6 aromatic heterocycles. The first-order valence-electron chi connectivity index (χ1n) is 38.4. The van der Waals surface area contributed by atoms with Gasteiger partial charge in [0, 0.05) is 122 Å². The van der Waals surface area contributed by atoms with Crippen molar-refractivity contribution >= 4 is 41.2 Å². The Hall–Kier alpha value is -11.2. The second-order valence-corrected chi connectivity index (χ2v) is 31.2. The molecule has 10 rings (SSSR count). The van der Waals surface area contributed by atoms with E-state index in [1.807, 2.05) is 155 Å². The lowest BCUT2D eigenvalue weighted by Crippen LogP contribution is -2.53. The number of ketones is 2.